The van der Waals surface area contributed by atoms with E-state index in [1.54, 1.807) is 25.3 Å². The van der Waals surface area contributed by atoms with Crippen LogP contribution in [0, 0.1) is 19.7 Å². The molecule has 1 atom stereocenters. The molecule has 0 saturated heterocycles. The number of aliphatic hydroxyl groups excluding tert-OH is 1. The van der Waals surface area contributed by atoms with E-state index in [0.29, 0.717) is 34.1 Å². The van der Waals surface area contributed by atoms with E-state index in [2.05, 4.69) is 27.0 Å². The zero-order valence-corrected chi connectivity index (χ0v) is 18.3. The highest BCUT2D eigenvalue weighted by molar-refractivity contribution is 5.75. The third-order valence-electron chi connectivity index (χ3n) is 5.39. The van der Waals surface area contributed by atoms with Crippen LogP contribution in [-0.2, 0) is 0 Å². The Labute approximate surface area is 190 Å². The fraction of sp³-hybridized carbons (Fsp3) is 0.160. The Hall–Kier alpha value is -4.04. The van der Waals surface area contributed by atoms with E-state index in [9.17, 15) is 5.11 Å². The van der Waals surface area contributed by atoms with Crippen LogP contribution in [0.25, 0.3) is 28.2 Å². The van der Waals surface area contributed by atoms with Crippen molar-refractivity contribution < 1.29 is 14.0 Å². The largest absolute Gasteiger partial charge is 0.394 e. The first-order chi connectivity index (χ1) is 15.9. The van der Waals surface area contributed by atoms with Crippen molar-refractivity contribution >= 4 is 11.5 Å². The highest BCUT2D eigenvalue weighted by Crippen LogP contribution is 2.31. The maximum atomic E-state index is 15.1. The summed E-state index contributed by atoms with van der Waals surface area (Å²) < 4.78 is 20.3. The first kappa shape index (κ1) is 22.2. The Bertz CT molecular complexity index is 1280. The second kappa shape index (κ2) is 9.22. The van der Waals surface area contributed by atoms with Crippen molar-refractivity contribution in [2.75, 3.05) is 12.3 Å². The molecule has 4 rings (SSSR count). The summed E-state index contributed by atoms with van der Waals surface area (Å²) in [5.41, 5.74) is 10.3. The maximum Gasteiger partial charge on any atom is 0.150 e. The lowest BCUT2D eigenvalue weighted by Gasteiger charge is -2.20. The number of hydrogen-bond donors (Lipinski definition) is 3. The number of halogens is 1. The highest BCUT2D eigenvalue weighted by atomic mass is 19.1. The number of nitrogens with one attached hydrogen (secondary N) is 1. The lowest BCUT2D eigenvalue weighted by molar-refractivity contribution is 0.256. The van der Waals surface area contributed by atoms with Crippen molar-refractivity contribution in [1.82, 2.24) is 20.4 Å². The van der Waals surface area contributed by atoms with Gasteiger partial charge in [0.1, 0.15) is 23.1 Å². The van der Waals surface area contributed by atoms with E-state index >= 15 is 4.39 Å². The van der Waals surface area contributed by atoms with Gasteiger partial charge in [-0.3, -0.25) is 0 Å². The summed E-state index contributed by atoms with van der Waals surface area (Å²) in [4.78, 5) is 8.83. The van der Waals surface area contributed by atoms with Crippen LogP contribution < -0.4 is 11.1 Å². The summed E-state index contributed by atoms with van der Waals surface area (Å²) in [6, 6.07) is 13.6. The average Bonchev–Trinajstić information content (AvgIpc) is 3.16. The number of anilines is 1. The summed E-state index contributed by atoms with van der Waals surface area (Å²) in [7, 11) is 0. The van der Waals surface area contributed by atoms with Gasteiger partial charge in [-0.2, -0.15) is 0 Å². The number of aliphatic hydroxyl groups is 1. The van der Waals surface area contributed by atoms with Crippen LogP contribution in [0.1, 0.15) is 28.6 Å². The number of nitrogens with two attached hydrogens (primary N) is 1. The minimum Gasteiger partial charge on any atom is -0.394 e. The number of nitrogens with zero attached hydrogens (tertiary/aromatic N) is 3. The summed E-state index contributed by atoms with van der Waals surface area (Å²) in [5.74, 6) is 0.288. The molecule has 0 spiro atoms. The molecule has 0 radical (unpaired) electrons. The molecule has 2 aromatic heterocycles. The lowest BCUT2D eigenvalue weighted by Crippen LogP contribution is -2.23. The fourth-order valence-electron chi connectivity index (χ4n) is 3.69. The zero-order valence-electron chi connectivity index (χ0n) is 18.3. The Balaban J connectivity index is 1.63. The first-order valence-corrected chi connectivity index (χ1v) is 10.4. The molecule has 4 aromatic rings. The molecule has 8 heteroatoms. The van der Waals surface area contributed by atoms with Crippen LogP contribution in [-0.4, -0.2) is 26.8 Å². The van der Waals surface area contributed by atoms with Crippen molar-refractivity contribution in [2.45, 2.75) is 19.9 Å². The molecule has 0 saturated carbocycles. The van der Waals surface area contributed by atoms with Gasteiger partial charge in [-0.15, -0.1) is 0 Å². The standard InChI is InChI=1S/C25H24FN5O2/c1-14(29-22(13-32)17-7-5-4-6-8-17)19-10-9-18(11-20(19)26)24-25(27)28-12-21(30-24)23-15(2)31-33-16(23)3/h4-12,22,29,32H,1,13H2,2-3H3,(H2,27,28)/t22-/m1/s1. The molecular weight excluding hydrogens is 421 g/mol. The molecule has 0 amide bonds. The smallest absolute Gasteiger partial charge is 0.150 e. The molecule has 0 bridgehead atoms. The second-order valence-electron chi connectivity index (χ2n) is 7.65. The van der Waals surface area contributed by atoms with Gasteiger partial charge in [-0.25, -0.2) is 14.4 Å². The number of benzene rings is 2. The van der Waals surface area contributed by atoms with Gasteiger partial charge >= 0.3 is 0 Å². The van der Waals surface area contributed by atoms with E-state index in [4.69, 9.17) is 10.3 Å². The molecule has 7 nitrogen and oxygen atoms in total. The Morgan fingerprint density at radius 3 is 2.61 bits per heavy atom. The lowest BCUT2D eigenvalue weighted by atomic mass is 10.0. The highest BCUT2D eigenvalue weighted by Gasteiger charge is 2.18. The second-order valence-corrected chi connectivity index (χ2v) is 7.65. The van der Waals surface area contributed by atoms with E-state index in [1.807, 2.05) is 37.3 Å². The van der Waals surface area contributed by atoms with Gasteiger partial charge in [0.15, 0.2) is 0 Å². The summed E-state index contributed by atoms with van der Waals surface area (Å²) >= 11 is 0. The fourth-order valence-corrected chi connectivity index (χ4v) is 3.69. The van der Waals surface area contributed by atoms with Gasteiger partial charge in [-0.1, -0.05) is 48.1 Å². The van der Waals surface area contributed by atoms with Crippen molar-refractivity contribution in [2.24, 2.45) is 0 Å². The molecule has 168 valence electrons. The van der Waals surface area contributed by atoms with E-state index in [-0.39, 0.29) is 18.0 Å². The number of hydrogen-bond acceptors (Lipinski definition) is 7. The van der Waals surface area contributed by atoms with Gasteiger partial charge in [0.2, 0.25) is 0 Å². The summed E-state index contributed by atoms with van der Waals surface area (Å²) in [5, 5.41) is 16.8. The van der Waals surface area contributed by atoms with Crippen LogP contribution in [0.15, 0.2) is 65.8 Å². The van der Waals surface area contributed by atoms with Gasteiger partial charge in [0.05, 0.1) is 35.8 Å². The minimum atomic E-state index is -0.501. The van der Waals surface area contributed by atoms with Crippen LogP contribution in [0.5, 0.6) is 0 Å². The third kappa shape index (κ3) is 4.47. The summed E-state index contributed by atoms with van der Waals surface area (Å²) in [6.45, 7) is 7.39. The molecule has 2 heterocycles. The maximum absolute atomic E-state index is 15.1. The van der Waals surface area contributed by atoms with Crippen LogP contribution in [0.2, 0.25) is 0 Å². The quantitative estimate of drug-likeness (QED) is 0.386. The molecule has 0 unspecified atom stereocenters. The molecule has 0 fully saturated rings. The monoisotopic (exact) mass is 445 g/mol. The Morgan fingerprint density at radius 1 is 1.21 bits per heavy atom. The van der Waals surface area contributed by atoms with Crippen LogP contribution in [0.3, 0.4) is 0 Å². The minimum absolute atomic E-state index is 0.163. The molecule has 4 N–H and O–H groups in total. The van der Waals surface area contributed by atoms with Crippen molar-refractivity contribution in [3.05, 3.63) is 89.7 Å². The number of aromatic nitrogens is 3. The predicted molar refractivity (Wildman–Crippen MR) is 125 cm³/mol. The van der Waals surface area contributed by atoms with Gasteiger partial charge < -0.3 is 20.7 Å². The van der Waals surface area contributed by atoms with E-state index in [0.717, 1.165) is 11.1 Å². The predicted octanol–water partition coefficient (Wildman–Crippen LogP) is 4.43. The van der Waals surface area contributed by atoms with Crippen molar-refractivity contribution in [1.29, 1.82) is 0 Å². The third-order valence-corrected chi connectivity index (χ3v) is 5.39. The molecular formula is C25H24FN5O2. The SMILES string of the molecule is C=C(N[C@H](CO)c1ccccc1)c1ccc(-c2nc(-c3c(C)noc3C)cnc2N)cc1F. The topological polar surface area (TPSA) is 110 Å². The van der Waals surface area contributed by atoms with Gasteiger partial charge in [-0.05, 0) is 31.5 Å². The van der Waals surface area contributed by atoms with E-state index in [1.165, 1.54) is 6.07 Å². The molecule has 0 aliphatic rings. The Kier molecular flexibility index (Phi) is 6.19. The van der Waals surface area contributed by atoms with Gasteiger partial charge in [0.25, 0.3) is 0 Å². The number of aryl methyl sites for hydroxylation is 2. The molecule has 0 aliphatic carbocycles. The van der Waals surface area contributed by atoms with Gasteiger partial charge in [0, 0.05) is 16.8 Å². The number of nitrogen functional groups attached to an aromatic ring is 1. The zero-order chi connectivity index (χ0) is 23.5. The number of rotatable bonds is 7. The van der Waals surface area contributed by atoms with Crippen LogP contribution >= 0.6 is 0 Å². The Morgan fingerprint density at radius 2 is 1.97 bits per heavy atom. The average molecular weight is 445 g/mol. The van der Waals surface area contributed by atoms with Crippen molar-refractivity contribution in [3.63, 3.8) is 0 Å². The summed E-state index contributed by atoms with van der Waals surface area (Å²) in [6.07, 6.45) is 1.54. The van der Waals surface area contributed by atoms with E-state index < -0.39 is 11.9 Å². The molecule has 0 aliphatic heterocycles. The van der Waals surface area contributed by atoms with Crippen molar-refractivity contribution in [3.8, 4) is 22.5 Å². The first-order valence-electron chi connectivity index (χ1n) is 10.4. The normalized spacial score (nSPS) is 11.9. The molecule has 33 heavy (non-hydrogen) atoms. The molecule has 2 aromatic carbocycles. The van der Waals surface area contributed by atoms with Crippen LogP contribution in [0.4, 0.5) is 10.2 Å².